The summed E-state index contributed by atoms with van der Waals surface area (Å²) in [5.74, 6) is 0. The van der Waals surface area contributed by atoms with Gasteiger partial charge < -0.3 is 10.4 Å². The number of aliphatic hydroxyl groups excluding tert-OH is 1. The minimum Gasteiger partial charge on any atom is -0.396 e. The summed E-state index contributed by atoms with van der Waals surface area (Å²) in [6.45, 7) is 10.9. The number of nitrogens with one attached hydrogen (secondary N) is 1. The lowest BCUT2D eigenvalue weighted by Crippen LogP contribution is -2.22. The first-order valence-corrected chi connectivity index (χ1v) is 7.84. The molecule has 0 bridgehead atoms. The molecule has 4 heteroatoms. The summed E-state index contributed by atoms with van der Waals surface area (Å²) in [5, 5.41) is 17.1. The summed E-state index contributed by atoms with van der Waals surface area (Å²) in [6, 6.07) is 8.42. The average molecular weight is 301 g/mol. The Morgan fingerprint density at radius 2 is 1.86 bits per heavy atom. The highest BCUT2D eigenvalue weighted by Gasteiger charge is 2.19. The predicted octanol–water partition coefficient (Wildman–Crippen LogP) is 3.65. The van der Waals surface area contributed by atoms with Gasteiger partial charge in [0.2, 0.25) is 0 Å². The zero-order chi connectivity index (χ0) is 16.3. The van der Waals surface area contributed by atoms with Crippen LogP contribution in [0.3, 0.4) is 0 Å². The minimum atomic E-state index is -0.00528. The third kappa shape index (κ3) is 3.89. The molecule has 0 aliphatic rings. The topological polar surface area (TPSA) is 50.1 Å². The van der Waals surface area contributed by atoms with Gasteiger partial charge in [-0.05, 0) is 58.7 Å². The van der Waals surface area contributed by atoms with Crippen molar-refractivity contribution in [2.75, 3.05) is 11.9 Å². The maximum absolute atomic E-state index is 8.96. The standard InChI is InChI=1S/C18H27N3O/c1-13(17-12-21(18(3,4)5)20-14(17)2)19-16-8-6-15(7-9-16)10-11-22/h6-9,12-13,19,22H,10-11H2,1-5H3. The normalized spacial score (nSPS) is 13.2. The van der Waals surface area contributed by atoms with Gasteiger partial charge in [-0.15, -0.1) is 0 Å². The van der Waals surface area contributed by atoms with Crippen LogP contribution in [0.15, 0.2) is 30.5 Å². The van der Waals surface area contributed by atoms with E-state index in [1.165, 1.54) is 5.56 Å². The number of anilines is 1. The van der Waals surface area contributed by atoms with E-state index in [9.17, 15) is 0 Å². The quantitative estimate of drug-likeness (QED) is 0.886. The molecular formula is C18H27N3O. The second kappa shape index (κ2) is 6.53. The molecule has 2 aromatic rings. The van der Waals surface area contributed by atoms with E-state index in [1.807, 2.05) is 4.68 Å². The number of hydrogen-bond donors (Lipinski definition) is 2. The van der Waals surface area contributed by atoms with Crippen LogP contribution in [0.4, 0.5) is 5.69 Å². The molecule has 0 spiro atoms. The lowest BCUT2D eigenvalue weighted by molar-refractivity contribution is 0.299. The number of rotatable bonds is 5. The van der Waals surface area contributed by atoms with Crippen LogP contribution in [0.1, 0.15) is 50.6 Å². The van der Waals surface area contributed by atoms with Gasteiger partial charge in [-0.2, -0.15) is 5.10 Å². The summed E-state index contributed by atoms with van der Waals surface area (Å²) in [5.41, 5.74) is 4.50. The molecule has 0 aliphatic heterocycles. The number of aromatic nitrogens is 2. The third-order valence-corrected chi connectivity index (χ3v) is 3.83. The van der Waals surface area contributed by atoms with E-state index in [4.69, 9.17) is 5.11 Å². The van der Waals surface area contributed by atoms with Crippen molar-refractivity contribution in [3.05, 3.63) is 47.3 Å². The molecule has 0 saturated carbocycles. The van der Waals surface area contributed by atoms with Crippen LogP contribution in [0.25, 0.3) is 0 Å². The predicted molar refractivity (Wildman–Crippen MR) is 91.2 cm³/mol. The third-order valence-electron chi connectivity index (χ3n) is 3.83. The zero-order valence-corrected chi connectivity index (χ0v) is 14.2. The fourth-order valence-electron chi connectivity index (χ4n) is 2.47. The van der Waals surface area contributed by atoms with E-state index >= 15 is 0 Å². The fraction of sp³-hybridized carbons (Fsp3) is 0.500. The maximum atomic E-state index is 8.96. The average Bonchev–Trinajstić information content (AvgIpc) is 2.83. The molecule has 0 amide bonds. The van der Waals surface area contributed by atoms with Crippen molar-refractivity contribution in [3.8, 4) is 0 Å². The Labute approximate surface area is 133 Å². The summed E-state index contributed by atoms with van der Waals surface area (Å²) in [4.78, 5) is 0. The molecule has 1 atom stereocenters. The lowest BCUT2D eigenvalue weighted by Gasteiger charge is -2.19. The Balaban J connectivity index is 2.12. The van der Waals surface area contributed by atoms with E-state index in [0.29, 0.717) is 6.42 Å². The van der Waals surface area contributed by atoms with Gasteiger partial charge in [-0.25, -0.2) is 0 Å². The fourth-order valence-corrected chi connectivity index (χ4v) is 2.47. The second-order valence-corrected chi connectivity index (χ2v) is 6.82. The van der Waals surface area contributed by atoms with Crippen molar-refractivity contribution in [3.63, 3.8) is 0 Å². The van der Waals surface area contributed by atoms with Crippen LogP contribution >= 0.6 is 0 Å². The van der Waals surface area contributed by atoms with Gasteiger partial charge in [0.25, 0.3) is 0 Å². The molecule has 0 fully saturated rings. The van der Waals surface area contributed by atoms with Crippen molar-refractivity contribution in [2.45, 2.75) is 52.6 Å². The largest absolute Gasteiger partial charge is 0.396 e. The number of nitrogens with zero attached hydrogens (tertiary/aromatic N) is 2. The molecule has 1 heterocycles. The van der Waals surface area contributed by atoms with E-state index in [2.05, 4.69) is 75.5 Å². The summed E-state index contributed by atoms with van der Waals surface area (Å²) >= 11 is 0. The molecule has 1 aromatic carbocycles. The SMILES string of the molecule is Cc1nn(C(C)(C)C)cc1C(C)Nc1ccc(CCO)cc1. The van der Waals surface area contributed by atoms with Crippen LogP contribution in [-0.4, -0.2) is 21.5 Å². The first-order chi connectivity index (χ1) is 10.3. The summed E-state index contributed by atoms with van der Waals surface area (Å²) in [6.07, 6.45) is 2.83. The van der Waals surface area contributed by atoms with E-state index in [1.54, 1.807) is 0 Å². The van der Waals surface area contributed by atoms with Gasteiger partial charge in [0.15, 0.2) is 0 Å². The van der Waals surface area contributed by atoms with Crippen LogP contribution in [0.2, 0.25) is 0 Å². The van der Waals surface area contributed by atoms with Crippen LogP contribution in [0.5, 0.6) is 0 Å². The van der Waals surface area contributed by atoms with Gasteiger partial charge in [-0.1, -0.05) is 12.1 Å². The molecule has 2 N–H and O–H groups in total. The van der Waals surface area contributed by atoms with Gasteiger partial charge >= 0.3 is 0 Å². The van der Waals surface area contributed by atoms with Crippen LogP contribution in [0, 0.1) is 6.92 Å². The Morgan fingerprint density at radius 1 is 1.23 bits per heavy atom. The maximum Gasteiger partial charge on any atom is 0.0646 e. The smallest absolute Gasteiger partial charge is 0.0646 e. The molecule has 1 aromatic heterocycles. The zero-order valence-electron chi connectivity index (χ0n) is 14.2. The Morgan fingerprint density at radius 3 is 2.36 bits per heavy atom. The number of aryl methyl sites for hydroxylation is 1. The van der Waals surface area contributed by atoms with Crippen LogP contribution in [-0.2, 0) is 12.0 Å². The first kappa shape index (κ1) is 16.6. The molecule has 0 aliphatic carbocycles. The van der Waals surface area contributed by atoms with Gasteiger partial charge in [0.05, 0.1) is 17.3 Å². The van der Waals surface area contributed by atoms with Gasteiger partial charge in [0.1, 0.15) is 0 Å². The molecule has 0 radical (unpaired) electrons. The highest BCUT2D eigenvalue weighted by Crippen LogP contribution is 2.24. The number of hydrogen-bond acceptors (Lipinski definition) is 3. The Bertz CT molecular complexity index is 608. The molecule has 120 valence electrons. The van der Waals surface area contributed by atoms with Crippen molar-refractivity contribution in [2.24, 2.45) is 0 Å². The molecule has 2 rings (SSSR count). The molecular weight excluding hydrogens is 274 g/mol. The highest BCUT2D eigenvalue weighted by atomic mass is 16.2. The van der Waals surface area contributed by atoms with E-state index in [-0.39, 0.29) is 18.2 Å². The Hall–Kier alpha value is -1.81. The van der Waals surface area contributed by atoms with E-state index in [0.717, 1.165) is 16.9 Å². The minimum absolute atomic E-state index is 0.00528. The molecule has 1 unspecified atom stereocenters. The van der Waals surface area contributed by atoms with Crippen molar-refractivity contribution >= 4 is 5.69 Å². The summed E-state index contributed by atoms with van der Waals surface area (Å²) in [7, 11) is 0. The summed E-state index contributed by atoms with van der Waals surface area (Å²) < 4.78 is 2.03. The van der Waals surface area contributed by atoms with E-state index < -0.39 is 0 Å². The van der Waals surface area contributed by atoms with Gasteiger partial charge in [-0.3, -0.25) is 4.68 Å². The molecule has 0 saturated heterocycles. The van der Waals surface area contributed by atoms with Crippen molar-refractivity contribution in [1.82, 2.24) is 9.78 Å². The number of benzene rings is 1. The lowest BCUT2D eigenvalue weighted by atomic mass is 10.1. The van der Waals surface area contributed by atoms with Crippen LogP contribution < -0.4 is 5.32 Å². The monoisotopic (exact) mass is 301 g/mol. The van der Waals surface area contributed by atoms with Crippen molar-refractivity contribution in [1.29, 1.82) is 0 Å². The second-order valence-electron chi connectivity index (χ2n) is 6.82. The number of aliphatic hydroxyl groups is 1. The van der Waals surface area contributed by atoms with Gasteiger partial charge in [0, 0.05) is 24.1 Å². The Kier molecular flexibility index (Phi) is 4.91. The highest BCUT2D eigenvalue weighted by molar-refractivity contribution is 5.47. The first-order valence-electron chi connectivity index (χ1n) is 7.84. The van der Waals surface area contributed by atoms with Crippen molar-refractivity contribution < 1.29 is 5.11 Å². The molecule has 4 nitrogen and oxygen atoms in total. The molecule has 22 heavy (non-hydrogen) atoms.